The number of hydrogen-bond donors (Lipinski definition) is 1. The maximum atomic E-state index is 13.6. The van der Waals surface area contributed by atoms with E-state index >= 15 is 0 Å². The van der Waals surface area contributed by atoms with Crippen LogP contribution >= 0.6 is 0 Å². The smallest absolute Gasteiger partial charge is 0.264 e. The first-order valence-corrected chi connectivity index (χ1v) is 13.1. The summed E-state index contributed by atoms with van der Waals surface area (Å²) in [4.78, 5) is 27.1. The molecule has 0 spiro atoms. The van der Waals surface area contributed by atoms with E-state index in [0.717, 1.165) is 27.5 Å². The van der Waals surface area contributed by atoms with E-state index in [0.29, 0.717) is 30.1 Å². The number of aryl methyl sites for hydroxylation is 2. The zero-order valence-corrected chi connectivity index (χ0v) is 21.3. The van der Waals surface area contributed by atoms with Crippen molar-refractivity contribution in [3.8, 4) is 5.75 Å². The zero-order valence-electron chi connectivity index (χ0n) is 20.5. The number of hydrogen-bond acceptors (Lipinski definition) is 5. The van der Waals surface area contributed by atoms with Gasteiger partial charge in [0.15, 0.2) is 0 Å². The van der Waals surface area contributed by atoms with Gasteiger partial charge in [0.1, 0.15) is 12.3 Å². The van der Waals surface area contributed by atoms with Crippen molar-refractivity contribution in [3.05, 3.63) is 77.9 Å². The summed E-state index contributed by atoms with van der Waals surface area (Å²) in [5.41, 5.74) is 3.41. The van der Waals surface area contributed by atoms with Crippen molar-refractivity contribution in [3.63, 3.8) is 0 Å². The van der Waals surface area contributed by atoms with Gasteiger partial charge in [0.05, 0.1) is 17.7 Å². The van der Waals surface area contributed by atoms with Crippen molar-refractivity contribution in [2.75, 3.05) is 34.7 Å². The Kier molecular flexibility index (Phi) is 7.30. The highest BCUT2D eigenvalue weighted by molar-refractivity contribution is 7.92. The van der Waals surface area contributed by atoms with E-state index in [4.69, 9.17) is 4.74 Å². The minimum atomic E-state index is -4.03. The predicted octanol–water partition coefficient (Wildman–Crippen LogP) is 4.27. The van der Waals surface area contributed by atoms with Gasteiger partial charge in [-0.2, -0.15) is 0 Å². The Balaban J connectivity index is 1.62. The van der Waals surface area contributed by atoms with Gasteiger partial charge in [-0.25, -0.2) is 8.42 Å². The first kappa shape index (κ1) is 25.2. The molecule has 3 aromatic rings. The molecule has 0 bridgehead atoms. The summed E-state index contributed by atoms with van der Waals surface area (Å²) in [6.07, 6.45) is 1.30. The zero-order chi connectivity index (χ0) is 25.9. The van der Waals surface area contributed by atoms with Gasteiger partial charge < -0.3 is 15.0 Å². The third-order valence-corrected chi connectivity index (χ3v) is 7.90. The third kappa shape index (κ3) is 5.36. The SMILES string of the molecule is COc1ccc(N(CC(=O)Nc2ccc(C)c(N3CCCC3=O)c2)S(=O)(=O)c2ccc(C)cc2)cc1. The fourth-order valence-electron chi connectivity index (χ4n) is 4.11. The summed E-state index contributed by atoms with van der Waals surface area (Å²) in [6.45, 7) is 3.98. The van der Waals surface area contributed by atoms with Gasteiger partial charge >= 0.3 is 0 Å². The van der Waals surface area contributed by atoms with Crippen LogP contribution < -0.4 is 19.3 Å². The van der Waals surface area contributed by atoms with Gasteiger partial charge in [-0.05, 0) is 74.4 Å². The number of rotatable bonds is 8. The minimum absolute atomic E-state index is 0.0523. The Hall–Kier alpha value is -3.85. The lowest BCUT2D eigenvalue weighted by Crippen LogP contribution is -2.38. The second-order valence-electron chi connectivity index (χ2n) is 8.72. The van der Waals surface area contributed by atoms with Gasteiger partial charge in [0, 0.05) is 24.3 Å². The summed E-state index contributed by atoms with van der Waals surface area (Å²) in [5, 5.41) is 2.80. The Morgan fingerprint density at radius 3 is 2.33 bits per heavy atom. The van der Waals surface area contributed by atoms with E-state index in [-0.39, 0.29) is 10.8 Å². The van der Waals surface area contributed by atoms with Gasteiger partial charge in [0.2, 0.25) is 11.8 Å². The second-order valence-corrected chi connectivity index (χ2v) is 10.6. The average molecular weight is 508 g/mol. The third-order valence-electron chi connectivity index (χ3n) is 6.11. The van der Waals surface area contributed by atoms with Gasteiger partial charge in [0.25, 0.3) is 10.0 Å². The lowest BCUT2D eigenvalue weighted by atomic mass is 10.1. The van der Waals surface area contributed by atoms with E-state index in [1.165, 1.54) is 19.2 Å². The molecule has 36 heavy (non-hydrogen) atoms. The first-order chi connectivity index (χ1) is 17.2. The predicted molar refractivity (Wildman–Crippen MR) is 140 cm³/mol. The van der Waals surface area contributed by atoms with Crippen LogP contribution in [0, 0.1) is 13.8 Å². The van der Waals surface area contributed by atoms with Crippen molar-refractivity contribution in [1.29, 1.82) is 0 Å². The molecule has 0 unspecified atom stereocenters. The molecule has 1 N–H and O–H groups in total. The lowest BCUT2D eigenvalue weighted by molar-refractivity contribution is -0.117. The molecule has 188 valence electrons. The van der Waals surface area contributed by atoms with Crippen molar-refractivity contribution < 1.29 is 22.7 Å². The molecule has 4 rings (SSSR count). The molecule has 0 saturated carbocycles. The number of amides is 2. The number of benzene rings is 3. The highest BCUT2D eigenvalue weighted by atomic mass is 32.2. The molecule has 8 nitrogen and oxygen atoms in total. The van der Waals surface area contributed by atoms with Crippen molar-refractivity contribution >= 4 is 38.9 Å². The maximum Gasteiger partial charge on any atom is 0.264 e. The fourth-order valence-corrected chi connectivity index (χ4v) is 5.53. The molecule has 0 atom stereocenters. The molecule has 1 fully saturated rings. The number of sulfonamides is 1. The second kappa shape index (κ2) is 10.4. The quantitative estimate of drug-likeness (QED) is 0.491. The Morgan fingerprint density at radius 1 is 1.03 bits per heavy atom. The minimum Gasteiger partial charge on any atom is -0.497 e. The normalized spacial score (nSPS) is 13.5. The number of anilines is 3. The lowest BCUT2D eigenvalue weighted by Gasteiger charge is -2.25. The first-order valence-electron chi connectivity index (χ1n) is 11.6. The van der Waals surface area contributed by atoms with Crippen molar-refractivity contribution in [2.24, 2.45) is 0 Å². The number of nitrogens with one attached hydrogen (secondary N) is 1. The van der Waals surface area contributed by atoms with Gasteiger partial charge in [-0.1, -0.05) is 23.8 Å². The van der Waals surface area contributed by atoms with Crippen LogP contribution in [0.1, 0.15) is 24.0 Å². The topological polar surface area (TPSA) is 96.0 Å². The molecule has 1 saturated heterocycles. The largest absolute Gasteiger partial charge is 0.497 e. The molecule has 3 aromatic carbocycles. The molecule has 1 heterocycles. The van der Waals surface area contributed by atoms with Crippen LogP contribution in [-0.2, 0) is 19.6 Å². The van der Waals surface area contributed by atoms with E-state index in [1.54, 1.807) is 53.4 Å². The van der Waals surface area contributed by atoms with Gasteiger partial charge in [-0.15, -0.1) is 0 Å². The van der Waals surface area contributed by atoms with Crippen molar-refractivity contribution in [2.45, 2.75) is 31.6 Å². The van der Waals surface area contributed by atoms with E-state index in [2.05, 4.69) is 5.32 Å². The molecular weight excluding hydrogens is 478 g/mol. The molecule has 9 heteroatoms. The number of carbonyl (C=O) groups is 2. The van der Waals surface area contributed by atoms with E-state index in [9.17, 15) is 18.0 Å². The molecule has 2 amide bonds. The van der Waals surface area contributed by atoms with E-state index < -0.39 is 22.5 Å². The summed E-state index contributed by atoms with van der Waals surface area (Å²) >= 11 is 0. The Labute approximate surface area is 211 Å². The van der Waals surface area contributed by atoms with Crippen LogP contribution in [0.4, 0.5) is 17.1 Å². The summed E-state index contributed by atoms with van der Waals surface area (Å²) < 4.78 is 33.4. The highest BCUT2D eigenvalue weighted by Crippen LogP contribution is 2.29. The number of carbonyl (C=O) groups excluding carboxylic acids is 2. The average Bonchev–Trinajstić information content (AvgIpc) is 3.29. The molecule has 1 aliphatic heterocycles. The number of methoxy groups -OCH3 is 1. The van der Waals surface area contributed by atoms with Crippen LogP contribution in [-0.4, -0.2) is 40.4 Å². The fraction of sp³-hybridized carbons (Fsp3) is 0.259. The Bertz CT molecular complexity index is 1370. The standard InChI is InChI=1S/C27H29N3O5S/c1-19-6-14-24(15-7-19)36(33,34)30(22-10-12-23(35-3)13-11-22)18-26(31)28-21-9-8-20(2)25(17-21)29-16-4-5-27(29)32/h6-15,17H,4-5,16,18H2,1-3H3,(H,28,31). The van der Waals surface area contributed by atoms with E-state index in [1.807, 2.05) is 19.9 Å². The van der Waals surface area contributed by atoms with Crippen LogP contribution in [0.3, 0.4) is 0 Å². The number of nitrogens with zero attached hydrogens (tertiary/aromatic N) is 2. The van der Waals surface area contributed by atoms with Crippen LogP contribution in [0.25, 0.3) is 0 Å². The molecule has 0 radical (unpaired) electrons. The molecule has 1 aliphatic rings. The molecular formula is C27H29N3O5S. The molecule has 0 aliphatic carbocycles. The summed E-state index contributed by atoms with van der Waals surface area (Å²) in [5.74, 6) is 0.111. The van der Waals surface area contributed by atoms with Crippen LogP contribution in [0.5, 0.6) is 5.75 Å². The number of ether oxygens (including phenoxy) is 1. The monoisotopic (exact) mass is 507 g/mol. The van der Waals surface area contributed by atoms with Crippen molar-refractivity contribution in [1.82, 2.24) is 0 Å². The Morgan fingerprint density at radius 2 is 1.72 bits per heavy atom. The van der Waals surface area contributed by atoms with Gasteiger partial charge in [-0.3, -0.25) is 13.9 Å². The summed E-state index contributed by atoms with van der Waals surface area (Å²) in [6, 6.07) is 18.3. The van der Waals surface area contributed by atoms with Crippen LogP contribution in [0.15, 0.2) is 71.6 Å². The maximum absolute atomic E-state index is 13.6. The highest BCUT2D eigenvalue weighted by Gasteiger charge is 2.28. The van der Waals surface area contributed by atoms with Crippen LogP contribution in [0.2, 0.25) is 0 Å². The molecule has 0 aromatic heterocycles. The summed E-state index contributed by atoms with van der Waals surface area (Å²) in [7, 11) is -2.51.